The van der Waals surface area contributed by atoms with Crippen molar-refractivity contribution in [1.82, 2.24) is 14.8 Å². The summed E-state index contributed by atoms with van der Waals surface area (Å²) in [5.74, 6) is 1.45. The maximum Gasteiger partial charge on any atom is 0.234 e. The summed E-state index contributed by atoms with van der Waals surface area (Å²) in [6.07, 6.45) is -0.338. The highest BCUT2D eigenvalue weighted by molar-refractivity contribution is 7.99. The molecular weight excluding hydrogens is 420 g/mol. The highest BCUT2D eigenvalue weighted by Gasteiger charge is 2.20. The van der Waals surface area contributed by atoms with Gasteiger partial charge in [0.1, 0.15) is 5.75 Å². The van der Waals surface area contributed by atoms with Gasteiger partial charge >= 0.3 is 0 Å². The molecule has 0 saturated carbocycles. The second-order valence-electron chi connectivity index (χ2n) is 6.93. The fourth-order valence-electron chi connectivity index (χ4n) is 2.98. The van der Waals surface area contributed by atoms with E-state index in [1.54, 1.807) is 6.07 Å². The highest BCUT2D eigenvalue weighted by atomic mass is 35.5. The van der Waals surface area contributed by atoms with Crippen LogP contribution in [0.2, 0.25) is 5.02 Å². The number of anilines is 1. The van der Waals surface area contributed by atoms with Gasteiger partial charge in [0.05, 0.1) is 10.8 Å². The van der Waals surface area contributed by atoms with Gasteiger partial charge < -0.3 is 14.6 Å². The Bertz CT molecular complexity index is 1040. The molecule has 2 aromatic carbocycles. The Morgan fingerprint density at radius 2 is 2.00 bits per heavy atom. The number of hydrogen-bond acceptors (Lipinski definition) is 5. The monoisotopic (exact) mass is 444 g/mol. The summed E-state index contributed by atoms with van der Waals surface area (Å²) in [6.45, 7) is 8.56. The first-order valence-electron chi connectivity index (χ1n) is 9.73. The molecule has 0 bridgehead atoms. The van der Waals surface area contributed by atoms with Crippen molar-refractivity contribution in [2.45, 2.75) is 45.5 Å². The van der Waals surface area contributed by atoms with E-state index in [1.807, 2.05) is 68.7 Å². The first-order valence-corrected chi connectivity index (χ1v) is 11.1. The number of hydrogen-bond donors (Lipinski definition) is 1. The van der Waals surface area contributed by atoms with E-state index in [4.69, 9.17) is 16.3 Å². The van der Waals surface area contributed by atoms with Gasteiger partial charge in [-0.15, -0.1) is 10.2 Å². The van der Waals surface area contributed by atoms with E-state index in [0.29, 0.717) is 28.3 Å². The fraction of sp³-hybridized carbons (Fsp3) is 0.318. The summed E-state index contributed by atoms with van der Waals surface area (Å²) in [4.78, 5) is 12.4. The molecule has 0 aliphatic carbocycles. The summed E-state index contributed by atoms with van der Waals surface area (Å²) in [5, 5.41) is 12.8. The number of carbonyl (C=O) groups excluding carboxylic acids is 1. The predicted octanol–water partition coefficient (Wildman–Crippen LogP) is 5.44. The Balaban J connectivity index is 1.66. The number of amides is 1. The molecule has 0 aliphatic heterocycles. The van der Waals surface area contributed by atoms with Crippen molar-refractivity contribution in [2.24, 2.45) is 0 Å². The van der Waals surface area contributed by atoms with Crippen molar-refractivity contribution in [1.29, 1.82) is 0 Å². The normalized spacial score (nSPS) is 11.9. The summed E-state index contributed by atoms with van der Waals surface area (Å²) in [6, 6.07) is 13.3. The van der Waals surface area contributed by atoms with Crippen LogP contribution in [0.25, 0.3) is 0 Å². The smallest absolute Gasteiger partial charge is 0.234 e. The van der Waals surface area contributed by atoms with E-state index >= 15 is 0 Å². The maximum atomic E-state index is 12.4. The zero-order valence-electron chi connectivity index (χ0n) is 17.5. The number of ether oxygens (including phenoxy) is 1. The molecule has 8 heteroatoms. The van der Waals surface area contributed by atoms with Crippen LogP contribution in [0.1, 0.15) is 36.9 Å². The minimum Gasteiger partial charge on any atom is -0.481 e. The quantitative estimate of drug-likeness (QED) is 0.468. The zero-order valence-corrected chi connectivity index (χ0v) is 19.0. The molecule has 0 radical (unpaired) electrons. The van der Waals surface area contributed by atoms with E-state index < -0.39 is 0 Å². The van der Waals surface area contributed by atoms with Gasteiger partial charge in [0.2, 0.25) is 5.91 Å². The maximum absolute atomic E-state index is 12.4. The molecule has 0 saturated heterocycles. The van der Waals surface area contributed by atoms with Crippen molar-refractivity contribution in [2.75, 3.05) is 11.1 Å². The first-order chi connectivity index (χ1) is 14.4. The summed E-state index contributed by atoms with van der Waals surface area (Å²) in [7, 11) is 0. The summed E-state index contributed by atoms with van der Waals surface area (Å²) >= 11 is 7.54. The summed E-state index contributed by atoms with van der Waals surface area (Å²) < 4.78 is 7.93. The number of aryl methyl sites for hydroxylation is 2. The molecule has 1 amide bonds. The van der Waals surface area contributed by atoms with E-state index in [-0.39, 0.29) is 17.8 Å². The van der Waals surface area contributed by atoms with Crippen LogP contribution < -0.4 is 10.1 Å². The van der Waals surface area contributed by atoms with E-state index in [0.717, 1.165) is 16.8 Å². The predicted molar refractivity (Wildman–Crippen MR) is 121 cm³/mol. The minimum absolute atomic E-state index is 0.0822. The number of nitrogens with zero attached hydrogens (tertiary/aromatic N) is 3. The van der Waals surface area contributed by atoms with E-state index in [2.05, 4.69) is 15.5 Å². The molecule has 0 unspecified atom stereocenters. The van der Waals surface area contributed by atoms with Crippen molar-refractivity contribution in [3.63, 3.8) is 0 Å². The number of carbonyl (C=O) groups is 1. The number of thioether (sulfide) groups is 1. The average molecular weight is 445 g/mol. The summed E-state index contributed by atoms with van der Waals surface area (Å²) in [5.41, 5.74) is 2.97. The average Bonchev–Trinajstić information content (AvgIpc) is 3.14. The molecule has 0 fully saturated rings. The van der Waals surface area contributed by atoms with Crippen molar-refractivity contribution >= 4 is 35.0 Å². The van der Waals surface area contributed by atoms with Crippen molar-refractivity contribution < 1.29 is 9.53 Å². The lowest BCUT2D eigenvalue weighted by Crippen LogP contribution is -2.16. The van der Waals surface area contributed by atoms with Crippen LogP contribution in [0.5, 0.6) is 5.75 Å². The SMILES string of the molecule is CCn1c(SCC(=O)Nc2cc(C)ccc2C)nnc1[C@H](C)Oc1ccccc1Cl. The Kier molecular flexibility index (Phi) is 7.39. The van der Waals surface area contributed by atoms with Gasteiger partial charge in [-0.3, -0.25) is 4.79 Å². The van der Waals surface area contributed by atoms with Crippen LogP contribution in [0.3, 0.4) is 0 Å². The fourth-order valence-corrected chi connectivity index (χ4v) is 3.96. The molecule has 3 aromatic rings. The Morgan fingerprint density at radius 3 is 2.73 bits per heavy atom. The molecule has 1 atom stereocenters. The second kappa shape index (κ2) is 10.00. The van der Waals surface area contributed by atoms with Crippen LogP contribution >= 0.6 is 23.4 Å². The molecule has 158 valence electrons. The lowest BCUT2D eigenvalue weighted by atomic mass is 10.1. The standard InChI is InChI=1S/C22H25ClN4O2S/c1-5-27-21(16(4)29-19-9-7-6-8-17(19)23)25-26-22(27)30-13-20(28)24-18-12-14(2)10-11-15(18)3/h6-12,16H,5,13H2,1-4H3,(H,24,28)/t16-/m0/s1. The minimum atomic E-state index is -0.338. The van der Waals surface area contributed by atoms with Gasteiger partial charge in [0.15, 0.2) is 17.1 Å². The first kappa shape index (κ1) is 22.2. The van der Waals surface area contributed by atoms with Crippen LogP contribution in [-0.4, -0.2) is 26.4 Å². The van der Waals surface area contributed by atoms with Crippen LogP contribution in [0, 0.1) is 13.8 Å². The Hall–Kier alpha value is -2.51. The van der Waals surface area contributed by atoms with Crippen LogP contribution in [0.4, 0.5) is 5.69 Å². The number of benzene rings is 2. The van der Waals surface area contributed by atoms with Gasteiger partial charge in [0.25, 0.3) is 0 Å². The Labute approximate surface area is 186 Å². The van der Waals surface area contributed by atoms with Crippen LogP contribution in [0.15, 0.2) is 47.6 Å². The van der Waals surface area contributed by atoms with E-state index in [9.17, 15) is 4.79 Å². The van der Waals surface area contributed by atoms with E-state index in [1.165, 1.54) is 11.8 Å². The molecular formula is C22H25ClN4O2S. The highest BCUT2D eigenvalue weighted by Crippen LogP contribution is 2.29. The van der Waals surface area contributed by atoms with Crippen molar-refractivity contribution in [3.05, 3.63) is 64.4 Å². The number of rotatable bonds is 8. The third-order valence-electron chi connectivity index (χ3n) is 4.57. The largest absolute Gasteiger partial charge is 0.481 e. The molecule has 30 heavy (non-hydrogen) atoms. The number of nitrogens with one attached hydrogen (secondary N) is 1. The second-order valence-corrected chi connectivity index (χ2v) is 8.28. The Morgan fingerprint density at radius 1 is 1.23 bits per heavy atom. The number of halogens is 1. The van der Waals surface area contributed by atoms with Gasteiger partial charge in [0, 0.05) is 12.2 Å². The third-order valence-corrected chi connectivity index (χ3v) is 5.84. The van der Waals surface area contributed by atoms with Crippen LogP contribution in [-0.2, 0) is 11.3 Å². The van der Waals surface area contributed by atoms with Crippen molar-refractivity contribution in [3.8, 4) is 5.75 Å². The zero-order chi connectivity index (χ0) is 21.7. The van der Waals surface area contributed by atoms with Gasteiger partial charge in [-0.25, -0.2) is 0 Å². The van der Waals surface area contributed by atoms with Gasteiger partial charge in [-0.1, -0.05) is 47.6 Å². The molecule has 1 heterocycles. The molecule has 0 spiro atoms. The van der Waals surface area contributed by atoms with Gasteiger partial charge in [-0.2, -0.15) is 0 Å². The lowest BCUT2D eigenvalue weighted by molar-refractivity contribution is -0.113. The molecule has 6 nitrogen and oxygen atoms in total. The number of para-hydroxylation sites is 1. The van der Waals surface area contributed by atoms with Gasteiger partial charge in [-0.05, 0) is 57.0 Å². The molecule has 0 aliphatic rings. The number of aromatic nitrogens is 3. The topological polar surface area (TPSA) is 69.0 Å². The lowest BCUT2D eigenvalue weighted by Gasteiger charge is -2.16. The molecule has 3 rings (SSSR count). The third kappa shape index (κ3) is 5.34. The molecule has 1 aromatic heterocycles. The molecule has 1 N–H and O–H groups in total.